The third kappa shape index (κ3) is 4.00. The number of rotatable bonds is 5. The van der Waals surface area contributed by atoms with E-state index in [-0.39, 0.29) is 0 Å². The number of halogens is 1. The second-order valence-electron chi connectivity index (χ2n) is 4.03. The van der Waals surface area contributed by atoms with E-state index < -0.39 is 6.10 Å². The summed E-state index contributed by atoms with van der Waals surface area (Å²) in [6.45, 7) is 0. The van der Waals surface area contributed by atoms with Crippen LogP contribution in [-0.4, -0.2) is 18.0 Å². The molecule has 1 N–H and O–H groups in total. The molecule has 0 spiro atoms. The molecule has 2 rings (SSSR count). The van der Waals surface area contributed by atoms with Gasteiger partial charge in [0.1, 0.15) is 5.75 Å². The second kappa shape index (κ2) is 6.98. The van der Waals surface area contributed by atoms with Gasteiger partial charge in [-0.1, -0.05) is 24.3 Å². The van der Waals surface area contributed by atoms with Crippen LogP contribution in [0.3, 0.4) is 0 Å². The average molecular weight is 339 g/mol. The number of methoxy groups -OCH3 is 1. The van der Waals surface area contributed by atoms with Crippen LogP contribution in [0.25, 0.3) is 0 Å². The van der Waals surface area contributed by atoms with Crippen LogP contribution in [0.5, 0.6) is 5.75 Å². The smallest absolute Gasteiger partial charge is 0.119 e. The van der Waals surface area contributed by atoms with Gasteiger partial charge in [-0.15, -0.1) is 11.8 Å². The number of ether oxygens (including phenoxy) is 1. The van der Waals surface area contributed by atoms with Crippen LogP contribution < -0.4 is 4.74 Å². The maximum atomic E-state index is 10.2. The predicted molar refractivity (Wildman–Crippen MR) is 82.8 cm³/mol. The van der Waals surface area contributed by atoms with Gasteiger partial charge in [0.2, 0.25) is 0 Å². The summed E-state index contributed by atoms with van der Waals surface area (Å²) < 4.78 is 6.22. The summed E-state index contributed by atoms with van der Waals surface area (Å²) in [5.41, 5.74) is 0.874. The van der Waals surface area contributed by atoms with Crippen molar-refractivity contribution in [3.63, 3.8) is 0 Å². The third-order valence-corrected chi connectivity index (χ3v) is 4.82. The van der Waals surface area contributed by atoms with Gasteiger partial charge >= 0.3 is 0 Å². The van der Waals surface area contributed by atoms with Crippen LogP contribution in [0.4, 0.5) is 0 Å². The largest absolute Gasteiger partial charge is 0.497 e. The Bertz CT molecular complexity index is 545. The first-order chi connectivity index (χ1) is 9.20. The Morgan fingerprint density at radius 3 is 2.74 bits per heavy atom. The molecule has 0 saturated carbocycles. The van der Waals surface area contributed by atoms with E-state index in [1.54, 1.807) is 18.9 Å². The zero-order valence-electron chi connectivity index (χ0n) is 10.5. The van der Waals surface area contributed by atoms with Crippen molar-refractivity contribution < 1.29 is 9.84 Å². The van der Waals surface area contributed by atoms with Gasteiger partial charge in [0.25, 0.3) is 0 Å². The van der Waals surface area contributed by atoms with Crippen LogP contribution in [0.1, 0.15) is 11.7 Å². The zero-order valence-corrected chi connectivity index (χ0v) is 12.9. The number of benzene rings is 2. The van der Waals surface area contributed by atoms with Crippen LogP contribution in [0, 0.1) is 0 Å². The molecular formula is C15H15BrO2S. The van der Waals surface area contributed by atoms with E-state index in [1.807, 2.05) is 48.5 Å². The maximum Gasteiger partial charge on any atom is 0.119 e. The fourth-order valence-electron chi connectivity index (χ4n) is 1.68. The van der Waals surface area contributed by atoms with Crippen molar-refractivity contribution in [3.8, 4) is 5.75 Å². The fraction of sp³-hybridized carbons (Fsp3) is 0.200. The summed E-state index contributed by atoms with van der Waals surface area (Å²) in [6, 6.07) is 15.5. The van der Waals surface area contributed by atoms with E-state index in [0.29, 0.717) is 5.75 Å². The lowest BCUT2D eigenvalue weighted by molar-refractivity contribution is 0.203. The van der Waals surface area contributed by atoms with Gasteiger partial charge in [-0.2, -0.15) is 0 Å². The Hall–Kier alpha value is -0.970. The number of hydrogen-bond donors (Lipinski definition) is 1. The highest BCUT2D eigenvalue weighted by Crippen LogP contribution is 2.31. The van der Waals surface area contributed by atoms with Crippen molar-refractivity contribution in [1.82, 2.24) is 0 Å². The Balaban J connectivity index is 2.01. The van der Waals surface area contributed by atoms with Gasteiger partial charge in [0.15, 0.2) is 0 Å². The molecule has 0 saturated heterocycles. The lowest BCUT2D eigenvalue weighted by atomic mass is 10.1. The number of hydrogen-bond acceptors (Lipinski definition) is 3. The summed E-state index contributed by atoms with van der Waals surface area (Å²) in [6.07, 6.45) is -0.507. The molecule has 2 aromatic rings. The summed E-state index contributed by atoms with van der Waals surface area (Å²) in [4.78, 5) is 1.13. The number of aliphatic hydroxyl groups excluding tert-OH is 1. The molecule has 0 aliphatic heterocycles. The van der Waals surface area contributed by atoms with Crippen LogP contribution in [0.2, 0.25) is 0 Å². The minimum atomic E-state index is -0.507. The van der Waals surface area contributed by atoms with E-state index in [1.165, 1.54) is 0 Å². The van der Waals surface area contributed by atoms with E-state index >= 15 is 0 Å². The van der Waals surface area contributed by atoms with E-state index in [9.17, 15) is 5.11 Å². The van der Waals surface area contributed by atoms with Crippen LogP contribution in [0.15, 0.2) is 57.9 Å². The Morgan fingerprint density at radius 1 is 1.21 bits per heavy atom. The van der Waals surface area contributed by atoms with Gasteiger partial charge in [0, 0.05) is 15.1 Å². The third-order valence-electron chi connectivity index (χ3n) is 2.71. The molecular weight excluding hydrogens is 324 g/mol. The SMILES string of the molecule is COc1cccc(C(O)CSc2ccccc2Br)c1. The molecule has 2 aromatic carbocycles. The molecule has 4 heteroatoms. The Labute approximate surface area is 125 Å². The van der Waals surface area contributed by atoms with Gasteiger partial charge in [-0.3, -0.25) is 0 Å². The summed E-state index contributed by atoms with van der Waals surface area (Å²) >= 11 is 5.13. The number of thioether (sulfide) groups is 1. The lowest BCUT2D eigenvalue weighted by Gasteiger charge is -2.12. The fourth-order valence-corrected chi connectivity index (χ4v) is 3.21. The molecule has 0 fully saturated rings. The minimum absolute atomic E-state index is 0.507. The van der Waals surface area contributed by atoms with Gasteiger partial charge in [-0.25, -0.2) is 0 Å². The van der Waals surface area contributed by atoms with E-state index in [2.05, 4.69) is 15.9 Å². The topological polar surface area (TPSA) is 29.5 Å². The second-order valence-corrected chi connectivity index (χ2v) is 5.95. The summed E-state index contributed by atoms with van der Waals surface area (Å²) in [5.74, 6) is 1.37. The van der Waals surface area contributed by atoms with Crippen LogP contribution >= 0.6 is 27.7 Å². The Morgan fingerprint density at radius 2 is 2.00 bits per heavy atom. The first-order valence-corrected chi connectivity index (χ1v) is 7.68. The summed E-state index contributed by atoms with van der Waals surface area (Å²) in [7, 11) is 1.63. The van der Waals surface area contributed by atoms with Crippen molar-refractivity contribution in [2.75, 3.05) is 12.9 Å². The van der Waals surface area contributed by atoms with Gasteiger partial charge in [0.05, 0.1) is 13.2 Å². The Kier molecular flexibility index (Phi) is 5.31. The normalized spacial score (nSPS) is 12.2. The van der Waals surface area contributed by atoms with Crippen LogP contribution in [-0.2, 0) is 0 Å². The first-order valence-electron chi connectivity index (χ1n) is 5.90. The zero-order chi connectivity index (χ0) is 13.7. The standard InChI is InChI=1S/C15H15BrO2S/c1-18-12-6-4-5-11(9-12)14(17)10-19-15-8-3-2-7-13(15)16/h2-9,14,17H,10H2,1H3. The molecule has 0 bridgehead atoms. The molecule has 1 atom stereocenters. The molecule has 1 unspecified atom stereocenters. The maximum absolute atomic E-state index is 10.2. The molecule has 0 heterocycles. The van der Waals surface area contributed by atoms with E-state index in [4.69, 9.17) is 4.74 Å². The quantitative estimate of drug-likeness (QED) is 0.825. The number of aliphatic hydroxyl groups is 1. The van der Waals surface area contributed by atoms with Crippen molar-refractivity contribution >= 4 is 27.7 Å². The minimum Gasteiger partial charge on any atom is -0.497 e. The molecule has 0 radical (unpaired) electrons. The monoisotopic (exact) mass is 338 g/mol. The van der Waals surface area contributed by atoms with Crippen molar-refractivity contribution in [2.24, 2.45) is 0 Å². The van der Waals surface area contributed by atoms with Crippen molar-refractivity contribution in [3.05, 3.63) is 58.6 Å². The lowest BCUT2D eigenvalue weighted by Crippen LogP contribution is -2.00. The molecule has 0 aromatic heterocycles. The van der Waals surface area contributed by atoms with Crippen molar-refractivity contribution in [2.45, 2.75) is 11.0 Å². The van der Waals surface area contributed by atoms with Gasteiger partial charge < -0.3 is 9.84 Å². The molecule has 0 aliphatic carbocycles. The summed E-state index contributed by atoms with van der Waals surface area (Å²) in [5, 5.41) is 10.2. The molecule has 19 heavy (non-hydrogen) atoms. The highest BCUT2D eigenvalue weighted by atomic mass is 79.9. The molecule has 2 nitrogen and oxygen atoms in total. The average Bonchev–Trinajstić information content (AvgIpc) is 2.46. The molecule has 0 aliphatic rings. The highest BCUT2D eigenvalue weighted by molar-refractivity contribution is 9.10. The predicted octanol–water partition coefficient (Wildman–Crippen LogP) is 4.28. The first kappa shape index (κ1) is 14.4. The van der Waals surface area contributed by atoms with Gasteiger partial charge in [-0.05, 0) is 45.8 Å². The van der Waals surface area contributed by atoms with Crippen molar-refractivity contribution in [1.29, 1.82) is 0 Å². The van der Waals surface area contributed by atoms with E-state index in [0.717, 1.165) is 20.7 Å². The molecule has 0 amide bonds. The highest BCUT2D eigenvalue weighted by Gasteiger charge is 2.10. The molecule has 100 valence electrons.